The molecular weight excluding hydrogens is 232 g/mol. The van der Waals surface area contributed by atoms with Crippen molar-refractivity contribution in [2.24, 2.45) is 11.8 Å². The molecule has 0 aromatic carbocycles. The zero-order valence-corrected chi connectivity index (χ0v) is 11.1. The van der Waals surface area contributed by atoms with E-state index in [1.807, 2.05) is 5.38 Å². The Morgan fingerprint density at radius 3 is 2.76 bits per heavy atom. The number of amides is 1. The first-order chi connectivity index (χ1) is 8.16. The Morgan fingerprint density at radius 1 is 1.47 bits per heavy atom. The predicted octanol–water partition coefficient (Wildman–Crippen LogP) is 2.89. The number of thiophene rings is 1. The van der Waals surface area contributed by atoms with Crippen LogP contribution in [0.3, 0.4) is 0 Å². The van der Waals surface area contributed by atoms with Gasteiger partial charge in [-0.05, 0) is 36.1 Å². The average Bonchev–Trinajstić information content (AvgIpc) is 2.74. The number of carbonyl (C=O) groups is 1. The van der Waals surface area contributed by atoms with E-state index < -0.39 is 0 Å². The van der Waals surface area contributed by atoms with Gasteiger partial charge in [0.15, 0.2) is 0 Å². The molecule has 1 heterocycles. The van der Waals surface area contributed by atoms with Gasteiger partial charge in [0.25, 0.3) is 5.91 Å². The Kier molecular flexibility index (Phi) is 4.05. The maximum absolute atomic E-state index is 11.9. The minimum absolute atomic E-state index is 0.0175. The van der Waals surface area contributed by atoms with E-state index in [1.165, 1.54) is 37.0 Å². The van der Waals surface area contributed by atoms with Crippen LogP contribution in [0.15, 0.2) is 11.4 Å². The number of nitrogen functional groups attached to an aromatic ring is 1. The molecule has 17 heavy (non-hydrogen) atoms. The number of carbonyl (C=O) groups excluding carboxylic acids is 1. The highest BCUT2D eigenvalue weighted by Gasteiger charge is 2.19. The van der Waals surface area contributed by atoms with Gasteiger partial charge in [0.05, 0.1) is 5.69 Å². The molecule has 0 spiro atoms. The molecule has 4 heteroatoms. The maximum atomic E-state index is 11.9. The maximum Gasteiger partial charge on any atom is 0.263 e. The second kappa shape index (κ2) is 5.54. The zero-order chi connectivity index (χ0) is 12.3. The second-order valence-electron chi connectivity index (χ2n) is 5.04. The lowest BCUT2D eigenvalue weighted by molar-refractivity contribution is 0.0947. The first kappa shape index (κ1) is 12.4. The number of nitrogens with one attached hydrogen (secondary N) is 1. The van der Waals surface area contributed by atoms with Gasteiger partial charge in [0.1, 0.15) is 4.88 Å². The molecule has 0 unspecified atom stereocenters. The number of anilines is 1. The van der Waals surface area contributed by atoms with Gasteiger partial charge in [0.2, 0.25) is 0 Å². The Morgan fingerprint density at radius 2 is 2.18 bits per heavy atom. The van der Waals surface area contributed by atoms with Crippen LogP contribution in [0.5, 0.6) is 0 Å². The van der Waals surface area contributed by atoms with Crippen molar-refractivity contribution in [3.05, 3.63) is 16.3 Å². The van der Waals surface area contributed by atoms with Crippen LogP contribution < -0.4 is 11.1 Å². The summed E-state index contributed by atoms with van der Waals surface area (Å²) < 4.78 is 0. The van der Waals surface area contributed by atoms with E-state index in [0.717, 1.165) is 12.5 Å². The van der Waals surface area contributed by atoms with Crippen LogP contribution in [0.4, 0.5) is 5.69 Å². The summed E-state index contributed by atoms with van der Waals surface area (Å²) in [5.41, 5.74) is 6.31. The van der Waals surface area contributed by atoms with Gasteiger partial charge in [-0.15, -0.1) is 11.3 Å². The number of rotatable bonds is 3. The van der Waals surface area contributed by atoms with E-state index in [4.69, 9.17) is 5.73 Å². The third kappa shape index (κ3) is 3.22. The van der Waals surface area contributed by atoms with Gasteiger partial charge in [-0.25, -0.2) is 0 Å². The van der Waals surface area contributed by atoms with Crippen LogP contribution >= 0.6 is 11.3 Å². The molecule has 0 radical (unpaired) electrons. The average molecular weight is 252 g/mol. The van der Waals surface area contributed by atoms with Gasteiger partial charge in [-0.1, -0.05) is 19.8 Å². The fraction of sp³-hybridized carbons (Fsp3) is 0.615. The molecule has 0 aliphatic heterocycles. The Balaban J connectivity index is 1.79. The van der Waals surface area contributed by atoms with Crippen LogP contribution in [0, 0.1) is 11.8 Å². The second-order valence-corrected chi connectivity index (χ2v) is 5.96. The molecule has 1 aromatic rings. The first-order valence-corrected chi connectivity index (χ1v) is 7.16. The number of hydrogen-bond donors (Lipinski definition) is 2. The van der Waals surface area contributed by atoms with Crippen molar-refractivity contribution in [1.82, 2.24) is 5.32 Å². The summed E-state index contributed by atoms with van der Waals surface area (Å²) in [7, 11) is 0. The molecule has 1 saturated carbocycles. The van der Waals surface area contributed by atoms with E-state index in [0.29, 0.717) is 16.5 Å². The molecule has 1 aromatic heterocycles. The summed E-state index contributed by atoms with van der Waals surface area (Å²) in [6.07, 6.45) is 5.06. The molecule has 1 aliphatic rings. The van der Waals surface area contributed by atoms with Crippen molar-refractivity contribution in [2.75, 3.05) is 12.3 Å². The van der Waals surface area contributed by atoms with E-state index in [9.17, 15) is 4.79 Å². The molecule has 1 aliphatic carbocycles. The molecule has 2 rings (SSSR count). The van der Waals surface area contributed by atoms with Crippen LogP contribution in [-0.4, -0.2) is 12.5 Å². The smallest absolute Gasteiger partial charge is 0.263 e. The molecule has 3 N–H and O–H groups in total. The van der Waals surface area contributed by atoms with Crippen molar-refractivity contribution >= 4 is 22.9 Å². The molecule has 1 fully saturated rings. The van der Waals surface area contributed by atoms with Gasteiger partial charge in [0, 0.05) is 6.54 Å². The molecule has 0 saturated heterocycles. The molecule has 0 atom stereocenters. The lowest BCUT2D eigenvalue weighted by atomic mass is 9.83. The largest absolute Gasteiger partial charge is 0.397 e. The SMILES string of the molecule is CC1CCC(CNC(=O)c2sccc2N)CC1. The highest BCUT2D eigenvalue weighted by atomic mass is 32.1. The van der Waals surface area contributed by atoms with Gasteiger partial charge in [-0.2, -0.15) is 0 Å². The van der Waals surface area contributed by atoms with Crippen molar-refractivity contribution in [3.63, 3.8) is 0 Å². The van der Waals surface area contributed by atoms with Gasteiger partial charge in [-0.3, -0.25) is 4.79 Å². The van der Waals surface area contributed by atoms with Crippen molar-refractivity contribution in [1.29, 1.82) is 0 Å². The molecule has 94 valence electrons. The molecular formula is C13H20N2OS. The summed E-state index contributed by atoms with van der Waals surface area (Å²) in [5.74, 6) is 1.49. The monoisotopic (exact) mass is 252 g/mol. The fourth-order valence-corrected chi connectivity index (χ4v) is 3.09. The van der Waals surface area contributed by atoms with Gasteiger partial charge < -0.3 is 11.1 Å². The zero-order valence-electron chi connectivity index (χ0n) is 10.2. The van der Waals surface area contributed by atoms with E-state index >= 15 is 0 Å². The molecule has 0 bridgehead atoms. The third-order valence-electron chi connectivity index (χ3n) is 3.59. The Hall–Kier alpha value is -1.03. The summed E-state index contributed by atoms with van der Waals surface area (Å²) in [6.45, 7) is 3.10. The highest BCUT2D eigenvalue weighted by molar-refractivity contribution is 7.12. The summed E-state index contributed by atoms with van der Waals surface area (Å²) >= 11 is 1.41. The Labute approximate surface area is 106 Å². The van der Waals surface area contributed by atoms with Crippen LogP contribution in [0.25, 0.3) is 0 Å². The Bertz CT molecular complexity index is 381. The number of hydrogen-bond acceptors (Lipinski definition) is 3. The summed E-state index contributed by atoms with van der Waals surface area (Å²) in [5, 5.41) is 4.86. The van der Waals surface area contributed by atoms with Gasteiger partial charge >= 0.3 is 0 Å². The fourth-order valence-electron chi connectivity index (χ4n) is 2.35. The van der Waals surface area contributed by atoms with E-state index in [-0.39, 0.29) is 5.91 Å². The lowest BCUT2D eigenvalue weighted by Crippen LogP contribution is -2.30. The predicted molar refractivity (Wildman–Crippen MR) is 72.2 cm³/mol. The van der Waals surface area contributed by atoms with E-state index in [2.05, 4.69) is 12.2 Å². The minimum atomic E-state index is -0.0175. The van der Waals surface area contributed by atoms with Crippen LogP contribution in [0.2, 0.25) is 0 Å². The standard InChI is InChI=1S/C13H20N2OS/c1-9-2-4-10(5-3-9)8-15-13(16)12-11(14)6-7-17-12/h6-7,9-10H,2-5,8,14H2,1H3,(H,15,16). The van der Waals surface area contributed by atoms with Crippen molar-refractivity contribution in [2.45, 2.75) is 32.6 Å². The van der Waals surface area contributed by atoms with Crippen molar-refractivity contribution < 1.29 is 4.79 Å². The van der Waals surface area contributed by atoms with E-state index in [1.54, 1.807) is 6.07 Å². The quantitative estimate of drug-likeness (QED) is 0.869. The molecule has 3 nitrogen and oxygen atoms in total. The highest BCUT2D eigenvalue weighted by Crippen LogP contribution is 2.28. The summed E-state index contributed by atoms with van der Waals surface area (Å²) in [4.78, 5) is 12.5. The normalized spacial score (nSPS) is 24.5. The van der Waals surface area contributed by atoms with Crippen LogP contribution in [-0.2, 0) is 0 Å². The third-order valence-corrected chi connectivity index (χ3v) is 4.52. The summed E-state index contributed by atoms with van der Waals surface area (Å²) in [6, 6.07) is 1.78. The topological polar surface area (TPSA) is 55.1 Å². The molecule has 1 amide bonds. The lowest BCUT2D eigenvalue weighted by Gasteiger charge is -2.26. The van der Waals surface area contributed by atoms with Crippen LogP contribution in [0.1, 0.15) is 42.3 Å². The first-order valence-electron chi connectivity index (χ1n) is 6.28. The minimum Gasteiger partial charge on any atom is -0.397 e. The van der Waals surface area contributed by atoms with Crippen molar-refractivity contribution in [3.8, 4) is 0 Å². The number of nitrogens with two attached hydrogens (primary N) is 1.